The van der Waals surface area contributed by atoms with Crippen molar-refractivity contribution in [2.75, 3.05) is 18.4 Å². The van der Waals surface area contributed by atoms with Crippen LogP contribution in [0.25, 0.3) is 27.0 Å². The lowest BCUT2D eigenvalue weighted by atomic mass is 10.0. The van der Waals surface area contributed by atoms with Gasteiger partial charge in [0.05, 0.1) is 11.3 Å². The fourth-order valence-corrected chi connectivity index (χ4v) is 5.16. The first kappa shape index (κ1) is 24.4. The van der Waals surface area contributed by atoms with Crippen molar-refractivity contribution < 1.29 is 27.9 Å². The monoisotopic (exact) mass is 524 g/mol. The Balaban J connectivity index is 1.41. The van der Waals surface area contributed by atoms with Crippen molar-refractivity contribution in [3.63, 3.8) is 0 Å². The van der Waals surface area contributed by atoms with Gasteiger partial charge in [-0.05, 0) is 48.4 Å². The third-order valence-corrected chi connectivity index (χ3v) is 7.09. The predicted octanol–water partition coefficient (Wildman–Crippen LogP) is 6.40. The maximum atomic E-state index is 13.0. The number of amides is 2. The van der Waals surface area contributed by atoms with Crippen LogP contribution in [0.3, 0.4) is 0 Å². The zero-order valence-electron chi connectivity index (χ0n) is 19.1. The second kappa shape index (κ2) is 9.66. The van der Waals surface area contributed by atoms with Crippen molar-refractivity contribution in [2.24, 2.45) is 0 Å². The highest BCUT2D eigenvalue weighted by Crippen LogP contribution is 2.37. The van der Waals surface area contributed by atoms with Crippen molar-refractivity contribution in [2.45, 2.75) is 12.6 Å². The molecule has 1 aliphatic rings. The zero-order valence-corrected chi connectivity index (χ0v) is 19.9. The highest BCUT2D eigenvalue weighted by molar-refractivity contribution is 7.19. The van der Waals surface area contributed by atoms with E-state index in [1.807, 2.05) is 18.2 Å². The lowest BCUT2D eigenvalue weighted by molar-refractivity contribution is -0.137. The first-order valence-electron chi connectivity index (χ1n) is 11.2. The number of benzene rings is 2. The number of carbonyl (C=O) groups is 2. The number of hydrogen-bond acceptors (Lipinski definition) is 5. The number of anilines is 1. The second-order valence-corrected chi connectivity index (χ2v) is 9.40. The summed E-state index contributed by atoms with van der Waals surface area (Å²) in [6.07, 6.45) is -1.54. The van der Waals surface area contributed by atoms with Gasteiger partial charge in [0.1, 0.15) is 11.2 Å². The molecular weight excluding hydrogens is 505 g/mol. The summed E-state index contributed by atoms with van der Waals surface area (Å²) in [5.74, 6) is -0.659. The quantitative estimate of drug-likeness (QED) is 0.322. The standard InChI is InChI=1S/C26H19F3N4O3S/c27-26(28,29)18-5-1-4-17(11-18)23(34)32-19-6-2-3-16(12-19)22-20-13-21(37-24(20)31-14-30-22)15-7-9-33(10-8-15)25(35)36/h1-7,11-14H,8-10H2,(H,32,34)(H,35,36). The molecule has 2 N–H and O–H groups in total. The van der Waals surface area contributed by atoms with E-state index >= 15 is 0 Å². The fraction of sp³-hybridized carbons (Fsp3) is 0.154. The van der Waals surface area contributed by atoms with Crippen molar-refractivity contribution >= 4 is 44.8 Å². The van der Waals surface area contributed by atoms with Crippen LogP contribution in [0, 0.1) is 0 Å². The maximum Gasteiger partial charge on any atom is 0.416 e. The molecule has 0 bridgehead atoms. The maximum absolute atomic E-state index is 13.0. The Hall–Kier alpha value is -4.25. The molecule has 2 aromatic carbocycles. The summed E-state index contributed by atoms with van der Waals surface area (Å²) in [5.41, 5.74) is 1.81. The number of aromatic nitrogens is 2. The number of thiophene rings is 1. The van der Waals surface area contributed by atoms with Gasteiger partial charge < -0.3 is 15.3 Å². The average Bonchev–Trinajstić information content (AvgIpc) is 3.33. The Morgan fingerprint density at radius 2 is 1.86 bits per heavy atom. The number of nitrogens with one attached hydrogen (secondary N) is 1. The Morgan fingerprint density at radius 1 is 1.05 bits per heavy atom. The molecule has 0 atom stereocenters. The first-order chi connectivity index (χ1) is 17.7. The summed E-state index contributed by atoms with van der Waals surface area (Å²) < 4.78 is 39.1. The van der Waals surface area contributed by atoms with Gasteiger partial charge in [-0.25, -0.2) is 14.8 Å². The number of rotatable bonds is 4. The molecule has 0 radical (unpaired) electrons. The van der Waals surface area contributed by atoms with E-state index in [0.29, 0.717) is 36.5 Å². The Morgan fingerprint density at radius 3 is 2.59 bits per heavy atom. The summed E-state index contributed by atoms with van der Waals surface area (Å²) >= 11 is 1.49. The van der Waals surface area contributed by atoms with E-state index < -0.39 is 23.7 Å². The summed E-state index contributed by atoms with van der Waals surface area (Å²) in [6, 6.07) is 13.1. The summed E-state index contributed by atoms with van der Waals surface area (Å²) in [6.45, 7) is 0.743. The van der Waals surface area contributed by atoms with Crippen LogP contribution >= 0.6 is 11.3 Å². The topological polar surface area (TPSA) is 95.4 Å². The fourth-order valence-electron chi connectivity index (χ4n) is 4.09. The molecule has 0 spiro atoms. The molecule has 7 nitrogen and oxygen atoms in total. The number of nitrogens with zero attached hydrogens (tertiary/aromatic N) is 3. The highest BCUT2D eigenvalue weighted by atomic mass is 32.1. The summed E-state index contributed by atoms with van der Waals surface area (Å²) in [4.78, 5) is 35.7. The SMILES string of the molecule is O=C(Nc1cccc(-c2ncnc3sc(C4=CCN(C(=O)O)CC4)cc23)c1)c1cccc(C(F)(F)F)c1. The minimum atomic E-state index is -4.54. The van der Waals surface area contributed by atoms with E-state index in [0.717, 1.165) is 32.8 Å². The van der Waals surface area contributed by atoms with Crippen LogP contribution in [0.2, 0.25) is 0 Å². The molecule has 0 aliphatic carbocycles. The van der Waals surface area contributed by atoms with Crippen molar-refractivity contribution in [1.82, 2.24) is 14.9 Å². The molecular formula is C26H19F3N4O3S. The largest absolute Gasteiger partial charge is 0.465 e. The summed E-state index contributed by atoms with van der Waals surface area (Å²) in [5, 5.41) is 12.6. The van der Waals surface area contributed by atoms with Gasteiger partial charge >= 0.3 is 12.3 Å². The van der Waals surface area contributed by atoms with E-state index in [-0.39, 0.29) is 5.56 Å². The van der Waals surface area contributed by atoms with E-state index in [4.69, 9.17) is 5.11 Å². The second-order valence-electron chi connectivity index (χ2n) is 8.37. The van der Waals surface area contributed by atoms with Crippen LogP contribution in [-0.2, 0) is 6.18 Å². The Labute approximate surface area is 212 Å². The minimum absolute atomic E-state index is 0.102. The normalized spacial score (nSPS) is 13.9. The molecule has 0 fully saturated rings. The number of halogens is 3. The smallest absolute Gasteiger partial charge is 0.416 e. The third-order valence-electron chi connectivity index (χ3n) is 5.97. The highest BCUT2D eigenvalue weighted by Gasteiger charge is 2.31. The number of carboxylic acid groups (broad SMARTS) is 1. The Kier molecular flexibility index (Phi) is 6.38. The molecule has 11 heteroatoms. The van der Waals surface area contributed by atoms with E-state index in [1.165, 1.54) is 34.7 Å². The molecule has 3 heterocycles. The van der Waals surface area contributed by atoms with E-state index in [1.54, 1.807) is 18.2 Å². The van der Waals surface area contributed by atoms with Crippen molar-refractivity contribution in [3.8, 4) is 11.3 Å². The Bertz CT molecular complexity index is 1550. The van der Waals surface area contributed by atoms with Crippen LogP contribution in [0.5, 0.6) is 0 Å². The van der Waals surface area contributed by atoms with Gasteiger partial charge in [0.25, 0.3) is 5.91 Å². The predicted molar refractivity (Wildman–Crippen MR) is 134 cm³/mol. The number of hydrogen-bond donors (Lipinski definition) is 2. The van der Waals surface area contributed by atoms with Crippen LogP contribution in [-0.4, -0.2) is 45.1 Å². The summed E-state index contributed by atoms with van der Waals surface area (Å²) in [7, 11) is 0. The van der Waals surface area contributed by atoms with Gasteiger partial charge in [0, 0.05) is 40.2 Å². The molecule has 2 aromatic heterocycles. The molecule has 0 saturated heterocycles. The van der Waals surface area contributed by atoms with Crippen molar-refractivity contribution in [1.29, 1.82) is 0 Å². The van der Waals surface area contributed by atoms with Crippen LogP contribution in [0.1, 0.15) is 27.2 Å². The van der Waals surface area contributed by atoms with Gasteiger partial charge in [0.2, 0.25) is 0 Å². The minimum Gasteiger partial charge on any atom is -0.465 e. The van der Waals surface area contributed by atoms with Crippen LogP contribution < -0.4 is 5.32 Å². The molecule has 5 rings (SSSR count). The van der Waals surface area contributed by atoms with Crippen LogP contribution in [0.15, 0.2) is 67.0 Å². The molecule has 1 aliphatic heterocycles. The number of alkyl halides is 3. The van der Waals surface area contributed by atoms with E-state index in [2.05, 4.69) is 15.3 Å². The molecule has 37 heavy (non-hydrogen) atoms. The zero-order chi connectivity index (χ0) is 26.2. The van der Waals surface area contributed by atoms with Gasteiger partial charge in [-0.15, -0.1) is 11.3 Å². The average molecular weight is 525 g/mol. The first-order valence-corrected chi connectivity index (χ1v) is 12.0. The molecule has 0 unspecified atom stereocenters. The van der Waals surface area contributed by atoms with Gasteiger partial charge in [-0.2, -0.15) is 13.2 Å². The lowest BCUT2D eigenvalue weighted by Gasteiger charge is -2.23. The van der Waals surface area contributed by atoms with Gasteiger partial charge in [-0.1, -0.05) is 24.3 Å². The van der Waals surface area contributed by atoms with Gasteiger partial charge in [0.15, 0.2) is 0 Å². The molecule has 0 saturated carbocycles. The van der Waals surface area contributed by atoms with E-state index in [9.17, 15) is 22.8 Å². The van der Waals surface area contributed by atoms with Crippen molar-refractivity contribution in [3.05, 3.63) is 83.0 Å². The lowest BCUT2D eigenvalue weighted by Crippen LogP contribution is -2.33. The van der Waals surface area contributed by atoms with Gasteiger partial charge in [-0.3, -0.25) is 4.79 Å². The molecule has 188 valence electrons. The number of carbonyl (C=O) groups excluding carboxylic acids is 1. The molecule has 4 aromatic rings. The van der Waals surface area contributed by atoms with Crippen LogP contribution in [0.4, 0.5) is 23.7 Å². The molecule has 2 amide bonds. The number of fused-ring (bicyclic) bond motifs is 1. The third kappa shape index (κ3) is 5.17.